The third-order valence-corrected chi connectivity index (χ3v) is 4.97. The van der Waals surface area contributed by atoms with Crippen molar-refractivity contribution in [3.05, 3.63) is 67.7 Å². The fourth-order valence-electron chi connectivity index (χ4n) is 1.60. The second kappa shape index (κ2) is 7.64. The van der Waals surface area contributed by atoms with E-state index in [0.29, 0.717) is 6.54 Å². The van der Waals surface area contributed by atoms with Crippen molar-refractivity contribution in [2.75, 3.05) is 0 Å². The van der Waals surface area contributed by atoms with Gasteiger partial charge in [-0.05, 0) is 61.8 Å². The monoisotopic (exact) mass is 445 g/mol. The van der Waals surface area contributed by atoms with Gasteiger partial charge in [0.15, 0.2) is 0 Å². The Bertz CT molecular complexity index is 590. The molecule has 0 aliphatic carbocycles. The number of rotatable bonds is 4. The summed E-state index contributed by atoms with van der Waals surface area (Å²) >= 11 is 5.71. The molecule has 0 spiro atoms. The summed E-state index contributed by atoms with van der Waals surface area (Å²) < 4.78 is 7.30. The average molecular weight is 446 g/mol. The van der Waals surface area contributed by atoms with Gasteiger partial charge in [0.25, 0.3) is 0 Å². The number of alkyl carbamates (subject to hydrolysis) is 1. The van der Waals surface area contributed by atoms with Crippen LogP contribution in [-0.4, -0.2) is 6.09 Å². The highest BCUT2D eigenvalue weighted by molar-refractivity contribution is 14.1. The predicted octanol–water partition coefficient (Wildman–Crippen LogP) is 4.48. The number of amides is 1. The maximum atomic E-state index is 11.6. The van der Waals surface area contributed by atoms with Crippen LogP contribution in [0.4, 0.5) is 4.79 Å². The lowest BCUT2D eigenvalue weighted by atomic mass is 10.2. The quantitative estimate of drug-likeness (QED) is 0.704. The Morgan fingerprint density at radius 3 is 2.60 bits per heavy atom. The third-order valence-electron chi connectivity index (χ3n) is 2.63. The standard InChI is InChI=1S/C15H13BrINO2/c16-13-8-12(6-7-14(13)17)9-18-15(19)20-10-11-4-2-1-3-5-11/h1-8H,9-10H2,(H,18,19). The molecule has 0 aliphatic heterocycles. The van der Waals surface area contributed by atoms with Crippen molar-refractivity contribution in [1.82, 2.24) is 5.32 Å². The first-order valence-corrected chi connectivity index (χ1v) is 7.91. The van der Waals surface area contributed by atoms with Gasteiger partial charge >= 0.3 is 6.09 Å². The van der Waals surface area contributed by atoms with Crippen LogP contribution in [0, 0.1) is 3.57 Å². The van der Waals surface area contributed by atoms with Crippen LogP contribution in [0.1, 0.15) is 11.1 Å². The van der Waals surface area contributed by atoms with E-state index in [4.69, 9.17) is 4.74 Å². The van der Waals surface area contributed by atoms with Crippen LogP contribution in [0.25, 0.3) is 0 Å². The Kier molecular flexibility index (Phi) is 5.85. The summed E-state index contributed by atoms with van der Waals surface area (Å²) in [6.45, 7) is 0.728. The first-order chi connectivity index (χ1) is 9.65. The molecule has 104 valence electrons. The summed E-state index contributed by atoms with van der Waals surface area (Å²) in [5.41, 5.74) is 1.99. The highest BCUT2D eigenvalue weighted by Gasteiger charge is 2.04. The molecule has 0 saturated carbocycles. The first-order valence-electron chi connectivity index (χ1n) is 6.03. The molecule has 0 heterocycles. The lowest BCUT2D eigenvalue weighted by Crippen LogP contribution is -2.23. The van der Waals surface area contributed by atoms with Crippen molar-refractivity contribution in [1.29, 1.82) is 0 Å². The molecular weight excluding hydrogens is 433 g/mol. The van der Waals surface area contributed by atoms with Crippen LogP contribution in [0.15, 0.2) is 53.0 Å². The number of carbonyl (C=O) groups excluding carboxylic acids is 1. The second-order valence-corrected chi connectivity index (χ2v) is 6.18. The number of hydrogen-bond donors (Lipinski definition) is 1. The van der Waals surface area contributed by atoms with Gasteiger partial charge in [-0.25, -0.2) is 4.79 Å². The lowest BCUT2D eigenvalue weighted by molar-refractivity contribution is 0.139. The molecule has 2 aromatic rings. The van der Waals surface area contributed by atoms with E-state index in [0.717, 1.165) is 19.2 Å². The maximum absolute atomic E-state index is 11.6. The predicted molar refractivity (Wildman–Crippen MR) is 90.3 cm³/mol. The molecule has 1 N–H and O–H groups in total. The normalized spacial score (nSPS) is 10.1. The molecule has 0 radical (unpaired) electrons. The first kappa shape index (κ1) is 15.3. The minimum absolute atomic E-state index is 0.281. The van der Waals surface area contributed by atoms with Gasteiger partial charge in [0.2, 0.25) is 0 Å². The molecule has 20 heavy (non-hydrogen) atoms. The highest BCUT2D eigenvalue weighted by Crippen LogP contribution is 2.20. The number of carbonyl (C=O) groups is 1. The fourth-order valence-corrected chi connectivity index (χ4v) is 2.36. The van der Waals surface area contributed by atoms with Crippen LogP contribution < -0.4 is 5.32 Å². The van der Waals surface area contributed by atoms with Crippen molar-refractivity contribution in [3.63, 3.8) is 0 Å². The van der Waals surface area contributed by atoms with E-state index in [1.165, 1.54) is 0 Å². The zero-order valence-corrected chi connectivity index (χ0v) is 14.3. The third kappa shape index (κ3) is 4.79. The second-order valence-electron chi connectivity index (χ2n) is 4.16. The average Bonchev–Trinajstić information content (AvgIpc) is 2.47. The van der Waals surface area contributed by atoms with Gasteiger partial charge in [-0.15, -0.1) is 0 Å². The van der Waals surface area contributed by atoms with E-state index < -0.39 is 6.09 Å². The topological polar surface area (TPSA) is 38.3 Å². The number of halogens is 2. The summed E-state index contributed by atoms with van der Waals surface area (Å²) in [5.74, 6) is 0. The number of nitrogens with one attached hydrogen (secondary N) is 1. The minimum Gasteiger partial charge on any atom is -0.445 e. The zero-order chi connectivity index (χ0) is 14.4. The molecule has 0 fully saturated rings. The molecule has 0 bridgehead atoms. The lowest BCUT2D eigenvalue weighted by Gasteiger charge is -2.08. The van der Waals surface area contributed by atoms with Crippen molar-refractivity contribution in [2.24, 2.45) is 0 Å². The van der Waals surface area contributed by atoms with Crippen LogP contribution in [-0.2, 0) is 17.9 Å². The Hall–Kier alpha value is -1.08. The minimum atomic E-state index is -0.413. The Balaban J connectivity index is 1.79. The molecular formula is C15H13BrINO2. The fraction of sp³-hybridized carbons (Fsp3) is 0.133. The molecule has 0 aromatic heterocycles. The summed E-state index contributed by atoms with van der Waals surface area (Å²) in [6.07, 6.45) is -0.413. The molecule has 2 rings (SSSR count). The van der Waals surface area contributed by atoms with E-state index in [1.54, 1.807) is 0 Å². The van der Waals surface area contributed by atoms with Crippen LogP contribution in [0.2, 0.25) is 0 Å². The van der Waals surface area contributed by atoms with Crippen molar-refractivity contribution >= 4 is 44.6 Å². The smallest absolute Gasteiger partial charge is 0.407 e. The van der Waals surface area contributed by atoms with Crippen molar-refractivity contribution < 1.29 is 9.53 Å². The highest BCUT2D eigenvalue weighted by atomic mass is 127. The van der Waals surface area contributed by atoms with E-state index in [-0.39, 0.29) is 6.61 Å². The van der Waals surface area contributed by atoms with E-state index in [9.17, 15) is 4.79 Å². The Morgan fingerprint density at radius 2 is 1.90 bits per heavy atom. The molecule has 0 atom stereocenters. The number of ether oxygens (including phenoxy) is 1. The van der Waals surface area contributed by atoms with Gasteiger partial charge in [-0.2, -0.15) is 0 Å². The van der Waals surface area contributed by atoms with Gasteiger partial charge in [-0.3, -0.25) is 0 Å². The van der Waals surface area contributed by atoms with E-state index in [1.807, 2.05) is 48.5 Å². The van der Waals surface area contributed by atoms with Crippen LogP contribution >= 0.6 is 38.5 Å². The van der Waals surface area contributed by atoms with E-state index >= 15 is 0 Å². The molecule has 0 unspecified atom stereocenters. The summed E-state index contributed by atoms with van der Waals surface area (Å²) in [7, 11) is 0. The molecule has 0 aliphatic rings. The molecule has 2 aromatic carbocycles. The van der Waals surface area contributed by atoms with Gasteiger partial charge in [0, 0.05) is 14.6 Å². The molecule has 1 amide bonds. The number of hydrogen-bond acceptors (Lipinski definition) is 2. The maximum Gasteiger partial charge on any atom is 0.407 e. The summed E-state index contributed by atoms with van der Waals surface area (Å²) in [6, 6.07) is 15.6. The van der Waals surface area contributed by atoms with E-state index in [2.05, 4.69) is 43.8 Å². The van der Waals surface area contributed by atoms with Gasteiger partial charge in [0.05, 0.1) is 0 Å². The Labute approximate surface area is 140 Å². The molecule has 5 heteroatoms. The van der Waals surface area contributed by atoms with Gasteiger partial charge < -0.3 is 10.1 Å². The molecule has 3 nitrogen and oxygen atoms in total. The summed E-state index contributed by atoms with van der Waals surface area (Å²) in [5, 5.41) is 2.73. The van der Waals surface area contributed by atoms with Gasteiger partial charge in [-0.1, -0.05) is 36.4 Å². The number of benzene rings is 2. The van der Waals surface area contributed by atoms with Crippen molar-refractivity contribution in [2.45, 2.75) is 13.2 Å². The largest absolute Gasteiger partial charge is 0.445 e. The molecule has 0 saturated heterocycles. The van der Waals surface area contributed by atoms with Crippen LogP contribution in [0.5, 0.6) is 0 Å². The summed E-state index contributed by atoms with van der Waals surface area (Å²) in [4.78, 5) is 11.6. The zero-order valence-electron chi connectivity index (χ0n) is 10.6. The van der Waals surface area contributed by atoms with Crippen LogP contribution in [0.3, 0.4) is 0 Å². The SMILES string of the molecule is O=C(NCc1ccc(I)c(Br)c1)OCc1ccccc1. The Morgan fingerprint density at radius 1 is 1.15 bits per heavy atom. The van der Waals surface area contributed by atoms with Crippen molar-refractivity contribution in [3.8, 4) is 0 Å². The van der Waals surface area contributed by atoms with Gasteiger partial charge in [0.1, 0.15) is 6.61 Å².